The fraction of sp³-hybridized carbons (Fsp3) is 0.333. The minimum Gasteiger partial charge on any atom is -0.300 e. The van der Waals surface area contributed by atoms with Crippen LogP contribution in [0, 0.1) is 6.92 Å². The summed E-state index contributed by atoms with van der Waals surface area (Å²) in [5.41, 5.74) is 5.54. The van der Waals surface area contributed by atoms with Gasteiger partial charge in [0.1, 0.15) is 0 Å². The summed E-state index contributed by atoms with van der Waals surface area (Å²) in [6.07, 6.45) is 7.33. The van der Waals surface area contributed by atoms with Crippen LogP contribution in [0.1, 0.15) is 47.7 Å². The van der Waals surface area contributed by atoms with Gasteiger partial charge in [-0.3, -0.25) is 9.78 Å². The molecule has 1 saturated heterocycles. The number of aromatic nitrogens is 3. The molecule has 5 rings (SSSR count). The van der Waals surface area contributed by atoms with Crippen LogP contribution >= 0.6 is 11.3 Å². The molecule has 1 atom stereocenters. The first-order valence-electron chi connectivity index (χ1n) is 11.5. The number of pyridine rings is 2. The first-order valence-corrected chi connectivity index (χ1v) is 12.3. The van der Waals surface area contributed by atoms with Gasteiger partial charge in [-0.25, -0.2) is 9.97 Å². The standard InChI is InChI=1S/C22H25N3.C5H5NOS/c1-16-5-7-20(15-23-16)22-10-8-19-14-18(6-9-21(19)24-22)11-13-25-12-3-4-17(25)2;1-4(7)5-6-2-3-8-5/h5-10,14-15,17H,3-4,11-13H2,1-2H3;2-3H,1H3/t17-;/m1./s1. The van der Waals surface area contributed by atoms with E-state index in [1.165, 1.54) is 48.6 Å². The second-order valence-electron chi connectivity index (χ2n) is 8.58. The highest BCUT2D eigenvalue weighted by atomic mass is 32.1. The number of ketones is 1. The van der Waals surface area contributed by atoms with E-state index in [1.54, 1.807) is 11.6 Å². The molecule has 0 radical (unpaired) electrons. The molecule has 1 aliphatic rings. The van der Waals surface area contributed by atoms with Gasteiger partial charge in [0.15, 0.2) is 10.8 Å². The molecule has 1 aliphatic heterocycles. The molecule has 3 aromatic heterocycles. The summed E-state index contributed by atoms with van der Waals surface area (Å²) in [6.45, 7) is 8.27. The zero-order valence-corrected chi connectivity index (χ0v) is 20.3. The third-order valence-electron chi connectivity index (χ3n) is 6.07. The Labute approximate surface area is 199 Å². The molecule has 6 heteroatoms. The van der Waals surface area contributed by atoms with Gasteiger partial charge < -0.3 is 4.90 Å². The summed E-state index contributed by atoms with van der Waals surface area (Å²) >= 11 is 1.37. The molecule has 0 aliphatic carbocycles. The van der Waals surface area contributed by atoms with Gasteiger partial charge in [-0.2, -0.15) is 0 Å². The van der Waals surface area contributed by atoms with Gasteiger partial charge in [0.25, 0.3) is 0 Å². The highest BCUT2D eigenvalue weighted by Gasteiger charge is 2.19. The molecule has 0 amide bonds. The van der Waals surface area contributed by atoms with Crippen LogP contribution in [-0.2, 0) is 6.42 Å². The van der Waals surface area contributed by atoms with Gasteiger partial charge >= 0.3 is 0 Å². The Morgan fingerprint density at radius 1 is 1.15 bits per heavy atom. The minimum absolute atomic E-state index is 0.0417. The molecular weight excluding hydrogens is 428 g/mol. The Bertz CT molecular complexity index is 1200. The van der Waals surface area contributed by atoms with E-state index in [9.17, 15) is 4.79 Å². The number of rotatable bonds is 5. The molecule has 33 heavy (non-hydrogen) atoms. The maximum absolute atomic E-state index is 10.5. The molecule has 170 valence electrons. The molecule has 0 bridgehead atoms. The van der Waals surface area contributed by atoms with Crippen molar-refractivity contribution in [2.45, 2.75) is 46.1 Å². The Morgan fingerprint density at radius 2 is 2.03 bits per heavy atom. The zero-order valence-electron chi connectivity index (χ0n) is 19.5. The number of benzene rings is 1. The fourth-order valence-electron chi connectivity index (χ4n) is 4.11. The molecule has 1 aromatic carbocycles. The third-order valence-corrected chi connectivity index (χ3v) is 6.95. The van der Waals surface area contributed by atoms with Gasteiger partial charge in [-0.15, -0.1) is 11.3 Å². The van der Waals surface area contributed by atoms with Crippen LogP contribution in [0.5, 0.6) is 0 Å². The number of carbonyl (C=O) groups is 1. The summed E-state index contributed by atoms with van der Waals surface area (Å²) in [7, 11) is 0. The highest BCUT2D eigenvalue weighted by Crippen LogP contribution is 2.22. The van der Waals surface area contributed by atoms with E-state index in [1.807, 2.05) is 19.2 Å². The Morgan fingerprint density at radius 3 is 2.67 bits per heavy atom. The lowest BCUT2D eigenvalue weighted by Gasteiger charge is -2.20. The van der Waals surface area contributed by atoms with Crippen LogP contribution in [0.2, 0.25) is 0 Å². The summed E-state index contributed by atoms with van der Waals surface area (Å²) in [6, 6.07) is 15.8. The van der Waals surface area contributed by atoms with Crippen LogP contribution in [0.25, 0.3) is 22.2 Å². The van der Waals surface area contributed by atoms with Crippen molar-refractivity contribution in [2.75, 3.05) is 13.1 Å². The topological polar surface area (TPSA) is 59.0 Å². The van der Waals surface area contributed by atoms with Gasteiger partial charge in [0.2, 0.25) is 0 Å². The van der Waals surface area contributed by atoms with E-state index in [4.69, 9.17) is 4.98 Å². The van der Waals surface area contributed by atoms with Crippen molar-refractivity contribution in [2.24, 2.45) is 0 Å². The minimum atomic E-state index is 0.0417. The van der Waals surface area contributed by atoms with E-state index < -0.39 is 0 Å². The molecule has 1 fully saturated rings. The van der Waals surface area contributed by atoms with Crippen LogP contribution in [0.15, 0.2) is 60.2 Å². The quantitative estimate of drug-likeness (QED) is 0.344. The van der Waals surface area contributed by atoms with Crippen molar-refractivity contribution in [1.29, 1.82) is 0 Å². The van der Waals surface area contributed by atoms with Crippen molar-refractivity contribution in [3.05, 3.63) is 76.5 Å². The monoisotopic (exact) mass is 458 g/mol. The van der Waals surface area contributed by atoms with E-state index in [0.717, 1.165) is 41.5 Å². The highest BCUT2D eigenvalue weighted by molar-refractivity contribution is 7.11. The largest absolute Gasteiger partial charge is 0.300 e. The van der Waals surface area contributed by atoms with Crippen molar-refractivity contribution in [1.82, 2.24) is 19.9 Å². The number of likely N-dealkylation sites (tertiary alicyclic amines) is 1. The lowest BCUT2D eigenvalue weighted by Crippen LogP contribution is -2.28. The number of nitrogens with zero attached hydrogens (tertiary/aromatic N) is 4. The maximum Gasteiger partial charge on any atom is 0.188 e. The average Bonchev–Trinajstić information content (AvgIpc) is 3.50. The smallest absolute Gasteiger partial charge is 0.188 e. The number of thiazole rings is 1. The van der Waals surface area contributed by atoms with E-state index >= 15 is 0 Å². The number of aryl methyl sites for hydroxylation is 1. The molecule has 4 heterocycles. The fourth-order valence-corrected chi connectivity index (χ4v) is 4.64. The van der Waals surface area contributed by atoms with Crippen LogP contribution in [0.3, 0.4) is 0 Å². The van der Waals surface area contributed by atoms with Crippen molar-refractivity contribution < 1.29 is 4.79 Å². The first kappa shape index (κ1) is 23.2. The number of Topliss-reactive ketones (excluding diaryl/α,β-unsaturated/α-hetero) is 1. The number of carbonyl (C=O) groups excluding carboxylic acids is 1. The van der Waals surface area contributed by atoms with Crippen LogP contribution in [0.4, 0.5) is 0 Å². The second kappa shape index (κ2) is 10.8. The zero-order chi connectivity index (χ0) is 23.2. The Hall–Kier alpha value is -2.96. The Balaban J connectivity index is 0.000000275. The van der Waals surface area contributed by atoms with Gasteiger partial charge in [0.05, 0.1) is 11.2 Å². The lowest BCUT2D eigenvalue weighted by molar-refractivity contribution is 0.101. The van der Waals surface area contributed by atoms with Crippen LogP contribution < -0.4 is 0 Å². The SMILES string of the molecule is CC(=O)c1nccs1.Cc1ccc(-c2ccc3cc(CCN4CCC[C@H]4C)ccc3n2)cn1. The third kappa shape index (κ3) is 6.09. The van der Waals surface area contributed by atoms with E-state index in [0.29, 0.717) is 5.01 Å². The number of fused-ring (bicyclic) bond motifs is 1. The van der Waals surface area contributed by atoms with Crippen LogP contribution in [-0.4, -0.2) is 44.8 Å². The maximum atomic E-state index is 10.5. The summed E-state index contributed by atoms with van der Waals surface area (Å²) in [5, 5.41) is 3.59. The van der Waals surface area contributed by atoms with Gasteiger partial charge in [-0.1, -0.05) is 12.1 Å². The van der Waals surface area contributed by atoms with Gasteiger partial charge in [0, 0.05) is 53.9 Å². The lowest BCUT2D eigenvalue weighted by atomic mass is 10.1. The molecule has 0 N–H and O–H groups in total. The summed E-state index contributed by atoms with van der Waals surface area (Å²) in [4.78, 5) is 26.0. The molecule has 0 spiro atoms. The van der Waals surface area contributed by atoms with E-state index in [-0.39, 0.29) is 5.78 Å². The predicted molar refractivity (Wildman–Crippen MR) is 136 cm³/mol. The number of hydrogen-bond acceptors (Lipinski definition) is 6. The van der Waals surface area contributed by atoms with Crippen molar-refractivity contribution in [3.8, 4) is 11.3 Å². The van der Waals surface area contributed by atoms with Crippen molar-refractivity contribution in [3.63, 3.8) is 0 Å². The number of hydrogen-bond donors (Lipinski definition) is 0. The van der Waals surface area contributed by atoms with Crippen molar-refractivity contribution >= 4 is 28.0 Å². The molecule has 0 saturated carbocycles. The molecular formula is C27H30N4OS. The van der Waals surface area contributed by atoms with E-state index in [2.05, 4.69) is 58.2 Å². The summed E-state index contributed by atoms with van der Waals surface area (Å²) < 4.78 is 0. The second-order valence-corrected chi connectivity index (χ2v) is 9.48. The average molecular weight is 459 g/mol. The van der Waals surface area contributed by atoms with Gasteiger partial charge in [-0.05, 0) is 75.5 Å². The summed E-state index contributed by atoms with van der Waals surface area (Å²) in [5.74, 6) is 0.0417. The molecule has 5 nitrogen and oxygen atoms in total. The molecule has 4 aromatic rings. The Kier molecular flexibility index (Phi) is 7.57. The molecule has 0 unspecified atom stereocenters. The normalized spacial score (nSPS) is 15.9. The predicted octanol–water partition coefficient (Wildman–Crippen LogP) is 5.98. The first-order chi connectivity index (χ1) is 16.0.